The van der Waals surface area contributed by atoms with Crippen LogP contribution in [0, 0.1) is 0 Å². The molecule has 2 aromatic carbocycles. The number of hydrazone groups is 1. The number of ether oxygens (including phenoxy) is 2. The third kappa shape index (κ3) is 3.65. The van der Waals surface area contributed by atoms with E-state index in [1.807, 2.05) is 42.5 Å². The van der Waals surface area contributed by atoms with Crippen LogP contribution in [0.1, 0.15) is 11.1 Å². The normalized spacial score (nSPS) is 10.7. The minimum Gasteiger partial charge on any atom is -0.493 e. The zero-order chi connectivity index (χ0) is 14.4. The molecular weight excluding hydrogens is 276 g/mol. The Morgan fingerprint density at radius 3 is 2.55 bits per heavy atom. The van der Waals surface area contributed by atoms with Crippen LogP contribution in [0.2, 0.25) is 5.02 Å². The van der Waals surface area contributed by atoms with Crippen LogP contribution in [-0.4, -0.2) is 13.3 Å². The highest BCUT2D eigenvalue weighted by Gasteiger charge is 2.05. The topological polar surface area (TPSA) is 56.8 Å². The molecule has 0 spiro atoms. The smallest absolute Gasteiger partial charge is 0.161 e. The van der Waals surface area contributed by atoms with Gasteiger partial charge in [0.2, 0.25) is 0 Å². The van der Waals surface area contributed by atoms with Crippen molar-refractivity contribution in [1.82, 2.24) is 0 Å². The van der Waals surface area contributed by atoms with E-state index in [1.165, 1.54) is 0 Å². The minimum absolute atomic E-state index is 0.442. The molecule has 5 heteroatoms. The molecule has 0 amide bonds. The average Bonchev–Trinajstić information content (AvgIpc) is 2.47. The Morgan fingerprint density at radius 1 is 1.15 bits per heavy atom. The van der Waals surface area contributed by atoms with Crippen LogP contribution in [0.15, 0.2) is 47.6 Å². The van der Waals surface area contributed by atoms with Crippen LogP contribution in [0.4, 0.5) is 0 Å². The molecule has 0 aliphatic rings. The largest absolute Gasteiger partial charge is 0.493 e. The number of hydrogen-bond donors (Lipinski definition) is 1. The standard InChI is InChI=1S/C15H15ClN2O2/c1-19-15-8-12(9-18-17)4-7-14(15)20-10-11-2-5-13(16)6-3-11/h2-9H,10,17H2,1H3. The molecule has 0 heterocycles. The third-order valence-electron chi connectivity index (χ3n) is 2.72. The zero-order valence-corrected chi connectivity index (χ0v) is 11.8. The lowest BCUT2D eigenvalue weighted by Gasteiger charge is -2.11. The highest BCUT2D eigenvalue weighted by molar-refractivity contribution is 6.30. The van der Waals surface area contributed by atoms with Crippen molar-refractivity contribution in [3.8, 4) is 11.5 Å². The molecule has 104 valence electrons. The van der Waals surface area contributed by atoms with Gasteiger partial charge in [0, 0.05) is 5.02 Å². The predicted molar refractivity (Wildman–Crippen MR) is 80.6 cm³/mol. The minimum atomic E-state index is 0.442. The average molecular weight is 291 g/mol. The van der Waals surface area contributed by atoms with Gasteiger partial charge in [-0.25, -0.2) is 0 Å². The van der Waals surface area contributed by atoms with Crippen molar-refractivity contribution in [3.05, 3.63) is 58.6 Å². The van der Waals surface area contributed by atoms with Gasteiger partial charge in [0.05, 0.1) is 13.3 Å². The number of nitrogens with two attached hydrogens (primary N) is 1. The molecule has 0 unspecified atom stereocenters. The Bertz CT molecular complexity index is 597. The first-order valence-corrected chi connectivity index (χ1v) is 6.39. The van der Waals surface area contributed by atoms with Crippen LogP contribution >= 0.6 is 11.6 Å². The van der Waals surface area contributed by atoms with Crippen molar-refractivity contribution >= 4 is 17.8 Å². The summed E-state index contributed by atoms with van der Waals surface area (Å²) in [7, 11) is 1.59. The molecule has 2 aromatic rings. The number of nitrogens with zero attached hydrogens (tertiary/aromatic N) is 1. The highest BCUT2D eigenvalue weighted by Crippen LogP contribution is 2.28. The first-order valence-electron chi connectivity index (χ1n) is 6.01. The molecule has 0 radical (unpaired) electrons. The Labute approximate surface area is 122 Å². The lowest BCUT2D eigenvalue weighted by atomic mass is 10.2. The summed E-state index contributed by atoms with van der Waals surface area (Å²) >= 11 is 5.84. The van der Waals surface area contributed by atoms with Crippen LogP contribution in [0.3, 0.4) is 0 Å². The summed E-state index contributed by atoms with van der Waals surface area (Å²) in [6, 6.07) is 13.0. The summed E-state index contributed by atoms with van der Waals surface area (Å²) in [5.74, 6) is 6.42. The van der Waals surface area contributed by atoms with Gasteiger partial charge in [-0.1, -0.05) is 23.7 Å². The monoisotopic (exact) mass is 290 g/mol. The van der Waals surface area contributed by atoms with Gasteiger partial charge in [-0.05, 0) is 41.5 Å². The summed E-state index contributed by atoms with van der Waals surface area (Å²) in [6.07, 6.45) is 1.55. The second-order valence-electron chi connectivity index (χ2n) is 4.10. The summed E-state index contributed by atoms with van der Waals surface area (Å²) < 4.78 is 11.0. The van der Waals surface area contributed by atoms with Gasteiger partial charge in [0.25, 0.3) is 0 Å². The number of benzene rings is 2. The van der Waals surface area contributed by atoms with Crippen LogP contribution in [0.5, 0.6) is 11.5 Å². The van der Waals surface area contributed by atoms with Gasteiger partial charge in [0.15, 0.2) is 11.5 Å². The van der Waals surface area contributed by atoms with Crippen molar-refractivity contribution in [2.45, 2.75) is 6.61 Å². The van der Waals surface area contributed by atoms with Crippen LogP contribution in [-0.2, 0) is 6.61 Å². The Hall–Kier alpha value is -2.20. The molecule has 0 aromatic heterocycles. The lowest BCUT2D eigenvalue weighted by molar-refractivity contribution is 0.284. The highest BCUT2D eigenvalue weighted by atomic mass is 35.5. The van der Waals surface area contributed by atoms with Gasteiger partial charge in [0.1, 0.15) is 6.61 Å². The number of rotatable bonds is 5. The van der Waals surface area contributed by atoms with Crippen molar-refractivity contribution in [2.24, 2.45) is 10.9 Å². The van der Waals surface area contributed by atoms with Gasteiger partial charge in [-0.3, -0.25) is 0 Å². The van der Waals surface area contributed by atoms with E-state index in [9.17, 15) is 0 Å². The fraction of sp³-hybridized carbons (Fsp3) is 0.133. The maximum absolute atomic E-state index is 5.84. The lowest BCUT2D eigenvalue weighted by Crippen LogP contribution is -1.98. The molecule has 2 N–H and O–H groups in total. The molecule has 0 saturated carbocycles. The summed E-state index contributed by atoms with van der Waals surface area (Å²) in [6.45, 7) is 0.442. The second kappa shape index (κ2) is 6.82. The van der Waals surface area contributed by atoms with E-state index >= 15 is 0 Å². The molecule has 0 atom stereocenters. The first kappa shape index (κ1) is 14.2. The predicted octanol–water partition coefficient (Wildman–Crippen LogP) is 3.22. The first-order chi connectivity index (χ1) is 9.72. The molecule has 0 bridgehead atoms. The molecule has 4 nitrogen and oxygen atoms in total. The van der Waals surface area contributed by atoms with Gasteiger partial charge < -0.3 is 15.3 Å². The SMILES string of the molecule is COc1cc(C=NN)ccc1OCc1ccc(Cl)cc1. The van der Waals surface area contributed by atoms with E-state index in [0.717, 1.165) is 11.1 Å². The second-order valence-corrected chi connectivity index (χ2v) is 4.54. The summed E-state index contributed by atoms with van der Waals surface area (Å²) in [5, 5.41) is 4.18. The number of methoxy groups -OCH3 is 1. The fourth-order valence-electron chi connectivity index (χ4n) is 1.71. The summed E-state index contributed by atoms with van der Waals surface area (Å²) in [4.78, 5) is 0. The Kier molecular flexibility index (Phi) is 4.85. The van der Waals surface area contributed by atoms with E-state index in [2.05, 4.69) is 5.10 Å². The Morgan fingerprint density at radius 2 is 1.90 bits per heavy atom. The fourth-order valence-corrected chi connectivity index (χ4v) is 1.84. The Balaban J connectivity index is 2.10. The van der Waals surface area contributed by atoms with E-state index in [4.69, 9.17) is 26.9 Å². The molecular formula is C15H15ClN2O2. The molecule has 0 aliphatic carbocycles. The number of halogens is 1. The van der Waals surface area contributed by atoms with Crippen LogP contribution in [0.25, 0.3) is 0 Å². The van der Waals surface area contributed by atoms with E-state index in [-0.39, 0.29) is 0 Å². The maximum atomic E-state index is 5.84. The van der Waals surface area contributed by atoms with Crippen molar-refractivity contribution in [3.63, 3.8) is 0 Å². The summed E-state index contributed by atoms with van der Waals surface area (Å²) in [5.41, 5.74) is 1.88. The van der Waals surface area contributed by atoms with E-state index in [0.29, 0.717) is 23.1 Å². The molecule has 20 heavy (non-hydrogen) atoms. The number of hydrogen-bond acceptors (Lipinski definition) is 4. The van der Waals surface area contributed by atoms with E-state index < -0.39 is 0 Å². The zero-order valence-electron chi connectivity index (χ0n) is 11.0. The van der Waals surface area contributed by atoms with Crippen molar-refractivity contribution in [2.75, 3.05) is 7.11 Å². The molecule has 0 fully saturated rings. The van der Waals surface area contributed by atoms with E-state index in [1.54, 1.807) is 13.3 Å². The quantitative estimate of drug-likeness (QED) is 0.522. The molecule has 2 rings (SSSR count). The maximum Gasteiger partial charge on any atom is 0.161 e. The van der Waals surface area contributed by atoms with Crippen LogP contribution < -0.4 is 15.3 Å². The van der Waals surface area contributed by atoms with Crippen molar-refractivity contribution in [1.29, 1.82) is 0 Å². The van der Waals surface area contributed by atoms with Gasteiger partial charge >= 0.3 is 0 Å². The van der Waals surface area contributed by atoms with Gasteiger partial charge in [-0.15, -0.1) is 0 Å². The molecule has 0 saturated heterocycles. The molecule has 0 aliphatic heterocycles. The third-order valence-corrected chi connectivity index (χ3v) is 2.97. The van der Waals surface area contributed by atoms with Gasteiger partial charge in [-0.2, -0.15) is 5.10 Å². The van der Waals surface area contributed by atoms with Crippen molar-refractivity contribution < 1.29 is 9.47 Å².